The maximum absolute atomic E-state index is 13.3. The number of fused-ring (bicyclic) bond motifs is 1. The summed E-state index contributed by atoms with van der Waals surface area (Å²) in [7, 11) is 0. The predicted octanol–water partition coefficient (Wildman–Crippen LogP) is 4.55. The molecule has 2 amide bonds. The van der Waals surface area contributed by atoms with Crippen molar-refractivity contribution in [2.45, 2.75) is 46.1 Å². The molecule has 168 valence electrons. The summed E-state index contributed by atoms with van der Waals surface area (Å²) in [6, 6.07) is 11.8. The van der Waals surface area contributed by atoms with Crippen LogP contribution in [0.4, 0.5) is 5.69 Å². The zero-order chi connectivity index (χ0) is 22.7. The Balaban J connectivity index is 1.49. The third-order valence-electron chi connectivity index (χ3n) is 6.17. The van der Waals surface area contributed by atoms with Crippen LogP contribution in [0.25, 0.3) is 11.0 Å². The largest absolute Gasteiger partial charge is 0.464 e. The topological polar surface area (TPSA) is 71.8 Å². The van der Waals surface area contributed by atoms with Crippen molar-refractivity contribution in [3.05, 3.63) is 64.9 Å². The number of nitrogens with zero attached hydrogens (tertiary/aromatic N) is 1. The lowest BCUT2D eigenvalue weighted by molar-refractivity contribution is -0.135. The van der Waals surface area contributed by atoms with Crippen LogP contribution in [0.1, 0.15) is 35.1 Å². The molecule has 1 aromatic heterocycles. The summed E-state index contributed by atoms with van der Waals surface area (Å²) in [5, 5.41) is 3.90. The molecule has 3 aromatic rings. The van der Waals surface area contributed by atoms with Gasteiger partial charge < -0.3 is 19.4 Å². The number of hydrogen-bond acceptors (Lipinski definition) is 4. The van der Waals surface area contributed by atoms with E-state index in [1.165, 1.54) is 0 Å². The third kappa shape index (κ3) is 5.02. The van der Waals surface area contributed by atoms with E-state index < -0.39 is 0 Å². The highest BCUT2D eigenvalue weighted by Gasteiger charge is 2.25. The van der Waals surface area contributed by atoms with Crippen LogP contribution in [-0.2, 0) is 20.7 Å². The molecule has 1 aliphatic rings. The van der Waals surface area contributed by atoms with E-state index in [4.69, 9.17) is 9.15 Å². The Morgan fingerprint density at radius 1 is 1.16 bits per heavy atom. The number of carbonyl (C=O) groups excluding carboxylic acids is 2. The zero-order valence-electron chi connectivity index (χ0n) is 18.9. The van der Waals surface area contributed by atoms with Gasteiger partial charge in [-0.3, -0.25) is 9.59 Å². The van der Waals surface area contributed by atoms with E-state index >= 15 is 0 Å². The highest BCUT2D eigenvalue weighted by molar-refractivity contribution is 5.96. The second kappa shape index (κ2) is 9.57. The Morgan fingerprint density at radius 3 is 2.78 bits per heavy atom. The van der Waals surface area contributed by atoms with Crippen LogP contribution >= 0.6 is 0 Å². The van der Waals surface area contributed by atoms with Crippen molar-refractivity contribution < 1.29 is 18.7 Å². The van der Waals surface area contributed by atoms with Gasteiger partial charge in [0.2, 0.25) is 11.8 Å². The summed E-state index contributed by atoms with van der Waals surface area (Å²) >= 11 is 0. The van der Waals surface area contributed by atoms with Gasteiger partial charge in [-0.25, -0.2) is 0 Å². The van der Waals surface area contributed by atoms with Gasteiger partial charge in [0.1, 0.15) is 5.58 Å². The van der Waals surface area contributed by atoms with Crippen LogP contribution in [0.15, 0.2) is 47.1 Å². The Hall–Kier alpha value is -3.12. The Kier molecular flexibility index (Phi) is 6.61. The summed E-state index contributed by atoms with van der Waals surface area (Å²) in [5.41, 5.74) is 5.61. The molecule has 0 aliphatic carbocycles. The molecule has 1 aliphatic heterocycles. The summed E-state index contributed by atoms with van der Waals surface area (Å²) in [6.45, 7) is 7.09. The number of hydrogen-bond donors (Lipinski definition) is 1. The molecule has 0 saturated carbocycles. The average molecular weight is 435 g/mol. The molecule has 4 rings (SSSR count). The van der Waals surface area contributed by atoms with E-state index in [0.29, 0.717) is 13.2 Å². The fourth-order valence-corrected chi connectivity index (χ4v) is 4.14. The highest BCUT2D eigenvalue weighted by Crippen LogP contribution is 2.24. The molecule has 2 heterocycles. The molecular weight excluding hydrogens is 404 g/mol. The molecule has 1 N–H and O–H groups in total. The summed E-state index contributed by atoms with van der Waals surface area (Å²) in [6.07, 6.45) is 3.67. The molecule has 1 saturated heterocycles. The first-order valence-electron chi connectivity index (χ1n) is 11.1. The molecule has 6 heteroatoms. The van der Waals surface area contributed by atoms with Crippen LogP contribution in [0.5, 0.6) is 0 Å². The summed E-state index contributed by atoms with van der Waals surface area (Å²) in [4.78, 5) is 27.7. The van der Waals surface area contributed by atoms with Gasteiger partial charge in [-0.15, -0.1) is 0 Å². The smallest absolute Gasteiger partial charge is 0.244 e. The summed E-state index contributed by atoms with van der Waals surface area (Å²) < 4.78 is 11.4. The zero-order valence-corrected chi connectivity index (χ0v) is 18.9. The minimum atomic E-state index is -0.210. The first kappa shape index (κ1) is 22.1. The second-order valence-corrected chi connectivity index (χ2v) is 8.64. The normalized spacial score (nSPS) is 15.8. The van der Waals surface area contributed by atoms with Crippen LogP contribution in [0.3, 0.4) is 0 Å². The number of anilines is 1. The molecule has 6 nitrogen and oxygen atoms in total. The van der Waals surface area contributed by atoms with Crippen molar-refractivity contribution in [1.29, 1.82) is 0 Å². The Bertz CT molecular complexity index is 1130. The quantitative estimate of drug-likeness (QED) is 0.592. The number of amides is 2. The monoisotopic (exact) mass is 434 g/mol. The summed E-state index contributed by atoms with van der Waals surface area (Å²) in [5.74, 6) is -0.322. The van der Waals surface area contributed by atoms with Gasteiger partial charge in [0.15, 0.2) is 0 Å². The minimum Gasteiger partial charge on any atom is -0.464 e. The molecule has 0 spiro atoms. The van der Waals surface area contributed by atoms with E-state index in [9.17, 15) is 9.59 Å². The molecular formula is C26H30N2O4. The first-order valence-corrected chi connectivity index (χ1v) is 11.1. The van der Waals surface area contributed by atoms with Crippen molar-refractivity contribution >= 4 is 28.5 Å². The van der Waals surface area contributed by atoms with Crippen molar-refractivity contribution in [3.8, 4) is 0 Å². The first-order chi connectivity index (χ1) is 15.4. The average Bonchev–Trinajstić information content (AvgIpc) is 3.41. The van der Waals surface area contributed by atoms with Crippen molar-refractivity contribution in [2.24, 2.45) is 0 Å². The van der Waals surface area contributed by atoms with Gasteiger partial charge in [0.25, 0.3) is 0 Å². The Morgan fingerprint density at radius 2 is 2.00 bits per heavy atom. The number of carbonyl (C=O) groups is 2. The Labute approximate surface area is 188 Å². The number of furan rings is 1. The fraction of sp³-hybridized carbons (Fsp3) is 0.385. The molecule has 1 unspecified atom stereocenters. The van der Waals surface area contributed by atoms with E-state index in [1.54, 1.807) is 11.2 Å². The molecule has 0 radical (unpaired) electrons. The maximum atomic E-state index is 13.3. The molecule has 1 fully saturated rings. The SMILES string of the molecule is Cc1ccc2c(CC(=O)N(CC(=O)Nc3cccc(C)c3C)CC3CCCO3)coc2c1. The second-order valence-electron chi connectivity index (χ2n) is 8.64. The lowest BCUT2D eigenvalue weighted by atomic mass is 10.1. The molecule has 1 atom stereocenters. The lowest BCUT2D eigenvalue weighted by Crippen LogP contribution is -2.43. The number of aryl methyl sites for hydroxylation is 2. The van der Waals surface area contributed by atoms with Gasteiger partial charge in [0, 0.05) is 29.8 Å². The molecule has 0 bridgehead atoms. The van der Waals surface area contributed by atoms with E-state index in [-0.39, 0.29) is 30.9 Å². The van der Waals surface area contributed by atoms with Crippen LogP contribution in [0, 0.1) is 20.8 Å². The van der Waals surface area contributed by atoms with E-state index in [2.05, 4.69) is 5.32 Å². The van der Waals surface area contributed by atoms with Crippen LogP contribution in [-0.4, -0.2) is 42.5 Å². The van der Waals surface area contributed by atoms with E-state index in [0.717, 1.165) is 51.8 Å². The van der Waals surface area contributed by atoms with Crippen LogP contribution in [0.2, 0.25) is 0 Å². The van der Waals surface area contributed by atoms with Crippen molar-refractivity contribution in [1.82, 2.24) is 4.90 Å². The van der Waals surface area contributed by atoms with Crippen LogP contribution < -0.4 is 5.32 Å². The molecule has 32 heavy (non-hydrogen) atoms. The van der Waals surface area contributed by atoms with Gasteiger partial charge in [-0.1, -0.05) is 24.3 Å². The van der Waals surface area contributed by atoms with Gasteiger partial charge in [-0.2, -0.15) is 0 Å². The maximum Gasteiger partial charge on any atom is 0.244 e. The van der Waals surface area contributed by atoms with Crippen molar-refractivity contribution in [2.75, 3.05) is 25.0 Å². The van der Waals surface area contributed by atoms with Gasteiger partial charge in [0.05, 0.1) is 25.3 Å². The molecule has 2 aromatic carbocycles. The number of ether oxygens (including phenoxy) is 1. The highest BCUT2D eigenvalue weighted by atomic mass is 16.5. The van der Waals surface area contributed by atoms with Gasteiger partial charge >= 0.3 is 0 Å². The number of nitrogens with one attached hydrogen (secondary N) is 1. The standard InChI is InChI=1S/C26H30N2O4/c1-17-9-10-22-20(16-32-24(22)12-17)13-26(30)28(14-21-7-5-11-31-21)15-25(29)27-23-8-4-6-18(2)19(23)3/h4,6,8-10,12,16,21H,5,7,11,13-15H2,1-3H3,(H,27,29). The lowest BCUT2D eigenvalue weighted by Gasteiger charge is -2.25. The van der Waals surface area contributed by atoms with Gasteiger partial charge in [-0.05, 0) is 62.4 Å². The predicted molar refractivity (Wildman–Crippen MR) is 125 cm³/mol. The number of benzene rings is 2. The third-order valence-corrected chi connectivity index (χ3v) is 6.17. The minimum absolute atomic E-state index is 0.0129. The van der Waals surface area contributed by atoms with Crippen molar-refractivity contribution in [3.63, 3.8) is 0 Å². The fourth-order valence-electron chi connectivity index (χ4n) is 4.14. The van der Waals surface area contributed by atoms with E-state index in [1.807, 2.05) is 57.2 Å². The number of rotatable bonds is 7.